The van der Waals surface area contributed by atoms with Crippen LogP contribution in [-0.4, -0.2) is 47.1 Å². The van der Waals surface area contributed by atoms with E-state index in [4.69, 9.17) is 32.7 Å². The summed E-state index contributed by atoms with van der Waals surface area (Å²) in [6.07, 6.45) is -0.633. The van der Waals surface area contributed by atoms with Crippen molar-refractivity contribution in [3.8, 4) is 5.75 Å². The van der Waals surface area contributed by atoms with E-state index in [0.29, 0.717) is 16.6 Å². The molecule has 1 aliphatic carbocycles. The van der Waals surface area contributed by atoms with Crippen molar-refractivity contribution in [1.82, 2.24) is 5.32 Å². The number of hydrogen-bond acceptors (Lipinski definition) is 5. The van der Waals surface area contributed by atoms with Gasteiger partial charge in [0.05, 0.1) is 28.9 Å². The van der Waals surface area contributed by atoms with Crippen LogP contribution in [0.5, 0.6) is 5.75 Å². The number of aliphatic hydroxyl groups is 1. The van der Waals surface area contributed by atoms with Crippen LogP contribution in [0.25, 0.3) is 0 Å². The summed E-state index contributed by atoms with van der Waals surface area (Å²) in [5, 5.41) is 24.6. The number of ether oxygens (including phenoxy) is 2. The van der Waals surface area contributed by atoms with Crippen LogP contribution < -0.4 is 10.1 Å². The number of nitrogens with one attached hydrogen (secondary N) is 1. The van der Waals surface area contributed by atoms with Crippen LogP contribution in [0.2, 0.25) is 10.0 Å². The molecule has 1 heterocycles. The first-order chi connectivity index (χ1) is 15.9. The first-order valence-electron chi connectivity index (χ1n) is 11.5. The molecule has 2 aromatic rings. The lowest BCUT2D eigenvalue weighted by molar-refractivity contribution is -0.144. The normalized spacial score (nSPS) is 24.7. The van der Waals surface area contributed by atoms with Gasteiger partial charge in [0.2, 0.25) is 0 Å². The maximum Gasteiger partial charge on any atom is 0.313 e. The van der Waals surface area contributed by atoms with Crippen molar-refractivity contribution < 1.29 is 24.5 Å². The second-order valence-corrected chi connectivity index (χ2v) is 11.0. The lowest BCUT2D eigenvalue weighted by Crippen LogP contribution is -2.46. The van der Waals surface area contributed by atoms with E-state index in [1.165, 1.54) is 0 Å². The van der Waals surface area contributed by atoms with Crippen LogP contribution in [0.1, 0.15) is 56.4 Å². The van der Waals surface area contributed by atoms with Crippen molar-refractivity contribution in [3.63, 3.8) is 0 Å². The summed E-state index contributed by atoms with van der Waals surface area (Å²) in [7, 11) is 0. The predicted octanol–water partition coefficient (Wildman–Crippen LogP) is 4.99. The second-order valence-electron chi connectivity index (χ2n) is 10.2. The van der Waals surface area contributed by atoms with Crippen LogP contribution in [0.3, 0.4) is 0 Å². The summed E-state index contributed by atoms with van der Waals surface area (Å²) < 4.78 is 11.9. The molecule has 2 aromatic carbocycles. The minimum absolute atomic E-state index is 0.145. The topological polar surface area (TPSA) is 88.0 Å². The minimum Gasteiger partial charge on any atom is -0.488 e. The van der Waals surface area contributed by atoms with Gasteiger partial charge in [-0.05, 0) is 63.4 Å². The summed E-state index contributed by atoms with van der Waals surface area (Å²) in [5.41, 5.74) is 1.71. The monoisotopic (exact) mass is 507 g/mol. The third-order valence-corrected chi connectivity index (χ3v) is 7.72. The first kappa shape index (κ1) is 25.3. The van der Waals surface area contributed by atoms with Gasteiger partial charge in [0.15, 0.2) is 0 Å². The molecule has 4 rings (SSSR count). The van der Waals surface area contributed by atoms with Crippen LogP contribution in [0.15, 0.2) is 36.4 Å². The van der Waals surface area contributed by atoms with Gasteiger partial charge in [0.1, 0.15) is 17.3 Å². The lowest BCUT2D eigenvalue weighted by Gasteiger charge is -2.28. The average Bonchev–Trinajstić information content (AvgIpc) is 3.16. The molecule has 0 aromatic heterocycles. The molecule has 2 aliphatic rings. The van der Waals surface area contributed by atoms with Gasteiger partial charge in [-0.2, -0.15) is 0 Å². The first-order valence-corrected chi connectivity index (χ1v) is 12.2. The van der Waals surface area contributed by atoms with Crippen molar-refractivity contribution >= 4 is 29.2 Å². The standard InChI is InChI=1S/C26H31Cl2NO5/c1-14(17-6-5-7-20-21(17)22-23(34-20)26(22,4)24(31)32)33-13-16(30)12-29-25(2,3)11-15-8-9-18(27)19(28)10-15/h5-10,14,16,22-23,29-30H,11-13H2,1-4H3,(H,31,32). The Morgan fingerprint density at radius 3 is 2.68 bits per heavy atom. The molecule has 34 heavy (non-hydrogen) atoms. The van der Waals surface area contributed by atoms with Crippen LogP contribution in [0.4, 0.5) is 0 Å². The molecule has 6 nitrogen and oxygen atoms in total. The fraction of sp³-hybridized carbons (Fsp3) is 0.500. The van der Waals surface area contributed by atoms with Crippen molar-refractivity contribution in [2.45, 2.75) is 63.9 Å². The highest BCUT2D eigenvalue weighted by molar-refractivity contribution is 6.42. The number of rotatable bonds is 10. The molecular formula is C26H31Cl2NO5. The molecule has 5 unspecified atom stereocenters. The highest BCUT2D eigenvalue weighted by atomic mass is 35.5. The Labute approximate surface area is 210 Å². The van der Waals surface area contributed by atoms with Gasteiger partial charge in [-0.15, -0.1) is 0 Å². The number of carboxylic acid groups (broad SMARTS) is 1. The Hall–Kier alpha value is -1.83. The molecule has 1 fully saturated rings. The van der Waals surface area contributed by atoms with E-state index < -0.39 is 17.5 Å². The Morgan fingerprint density at radius 2 is 2.00 bits per heavy atom. The fourth-order valence-corrected chi connectivity index (χ4v) is 5.20. The number of hydrogen-bond donors (Lipinski definition) is 3. The Balaban J connectivity index is 1.31. The van der Waals surface area contributed by atoms with E-state index in [2.05, 4.69) is 19.2 Å². The predicted molar refractivity (Wildman–Crippen MR) is 132 cm³/mol. The van der Waals surface area contributed by atoms with E-state index in [1.807, 2.05) is 37.3 Å². The van der Waals surface area contributed by atoms with Gasteiger partial charge in [-0.1, -0.05) is 41.4 Å². The lowest BCUT2D eigenvalue weighted by atomic mass is 9.93. The molecule has 0 saturated heterocycles. The smallest absolute Gasteiger partial charge is 0.313 e. The number of fused-ring (bicyclic) bond motifs is 3. The van der Waals surface area contributed by atoms with E-state index in [-0.39, 0.29) is 30.3 Å². The molecule has 8 heteroatoms. The number of aliphatic carboxylic acids is 1. The summed E-state index contributed by atoms with van der Waals surface area (Å²) in [6, 6.07) is 11.3. The quantitative estimate of drug-likeness (QED) is 0.419. The van der Waals surface area contributed by atoms with Gasteiger partial charge >= 0.3 is 5.97 Å². The van der Waals surface area contributed by atoms with Crippen molar-refractivity contribution in [2.24, 2.45) is 5.41 Å². The summed E-state index contributed by atoms with van der Waals surface area (Å²) in [6.45, 7) is 8.27. The van der Waals surface area contributed by atoms with Gasteiger partial charge in [0.25, 0.3) is 0 Å². The molecule has 184 valence electrons. The Kier molecular flexibility index (Phi) is 6.93. The number of aliphatic hydroxyl groups excluding tert-OH is 1. The molecule has 3 N–H and O–H groups in total. The van der Waals surface area contributed by atoms with Gasteiger partial charge in [0, 0.05) is 23.6 Å². The molecule has 0 bridgehead atoms. The zero-order chi connectivity index (χ0) is 24.8. The largest absolute Gasteiger partial charge is 0.488 e. The highest BCUT2D eigenvalue weighted by Gasteiger charge is 2.73. The maximum atomic E-state index is 11.7. The third kappa shape index (κ3) is 4.79. The van der Waals surface area contributed by atoms with Crippen LogP contribution in [-0.2, 0) is 16.0 Å². The zero-order valence-corrected chi connectivity index (χ0v) is 21.3. The Morgan fingerprint density at radius 1 is 1.26 bits per heavy atom. The van der Waals surface area contributed by atoms with E-state index in [0.717, 1.165) is 28.9 Å². The second kappa shape index (κ2) is 9.32. The molecular weight excluding hydrogens is 477 g/mol. The zero-order valence-electron chi connectivity index (χ0n) is 19.8. The molecule has 1 saturated carbocycles. The van der Waals surface area contributed by atoms with Crippen LogP contribution >= 0.6 is 23.2 Å². The summed E-state index contributed by atoms with van der Waals surface area (Å²) in [4.78, 5) is 11.7. The average molecular weight is 508 g/mol. The molecule has 1 aliphatic heterocycles. The van der Waals surface area contributed by atoms with Crippen molar-refractivity contribution in [1.29, 1.82) is 0 Å². The van der Waals surface area contributed by atoms with Crippen molar-refractivity contribution in [3.05, 3.63) is 63.1 Å². The fourth-order valence-electron chi connectivity index (χ4n) is 4.88. The number of carboxylic acids is 1. The number of benzene rings is 2. The molecule has 0 amide bonds. The minimum atomic E-state index is -0.897. The summed E-state index contributed by atoms with van der Waals surface area (Å²) >= 11 is 12.1. The highest BCUT2D eigenvalue weighted by Crippen LogP contribution is 2.68. The molecule has 5 atom stereocenters. The van der Waals surface area contributed by atoms with Gasteiger partial charge < -0.3 is 25.0 Å². The summed E-state index contributed by atoms with van der Waals surface area (Å²) in [5.74, 6) is -0.287. The SMILES string of the molecule is CC(OCC(O)CNC(C)(C)Cc1ccc(Cl)c(Cl)c1)c1cccc2c1C1C(O2)C1(C)C(=O)O. The number of β-amino-alcohol motifs (C(OH)–C–C–N with tert-alkyl or cyclic N) is 1. The van der Waals surface area contributed by atoms with Crippen molar-refractivity contribution in [2.75, 3.05) is 13.2 Å². The Bertz CT molecular complexity index is 1090. The maximum absolute atomic E-state index is 11.7. The van der Waals surface area contributed by atoms with Gasteiger partial charge in [-0.3, -0.25) is 4.79 Å². The number of carbonyl (C=O) groups is 1. The van der Waals surface area contributed by atoms with Crippen LogP contribution in [0, 0.1) is 5.41 Å². The molecule has 0 radical (unpaired) electrons. The van der Waals surface area contributed by atoms with Gasteiger partial charge in [-0.25, -0.2) is 0 Å². The van der Waals surface area contributed by atoms with E-state index >= 15 is 0 Å². The molecule has 0 spiro atoms. The van der Waals surface area contributed by atoms with E-state index in [9.17, 15) is 15.0 Å². The number of halogens is 2. The van der Waals surface area contributed by atoms with E-state index in [1.54, 1.807) is 13.0 Å². The third-order valence-electron chi connectivity index (χ3n) is 6.98.